The molecule has 0 aromatic heterocycles. The van der Waals surface area contributed by atoms with E-state index in [2.05, 4.69) is 49.0 Å². The van der Waals surface area contributed by atoms with E-state index < -0.39 is 0 Å². The average molecular weight is 280 g/mol. The third kappa shape index (κ3) is 2.39. The summed E-state index contributed by atoms with van der Waals surface area (Å²) >= 11 is 4.39. The van der Waals surface area contributed by atoms with Crippen molar-refractivity contribution in [1.82, 2.24) is 0 Å². The monoisotopic (exact) mass is 280 g/mol. The summed E-state index contributed by atoms with van der Waals surface area (Å²) in [5.41, 5.74) is 3.67. The van der Waals surface area contributed by atoms with Crippen molar-refractivity contribution in [3.8, 4) is 16.9 Å². The summed E-state index contributed by atoms with van der Waals surface area (Å²) in [6.45, 7) is 0. The fourth-order valence-corrected chi connectivity index (χ4v) is 2.85. The first-order valence-corrected chi connectivity index (χ1v) is 7.34. The molecule has 0 saturated carbocycles. The molecule has 3 rings (SSSR count). The first-order chi connectivity index (χ1) is 9.79. The molecule has 0 aliphatic carbocycles. The van der Waals surface area contributed by atoms with Gasteiger partial charge in [-0.1, -0.05) is 48.5 Å². The van der Waals surface area contributed by atoms with Crippen molar-refractivity contribution in [3.63, 3.8) is 0 Å². The lowest BCUT2D eigenvalue weighted by Gasteiger charge is -2.13. The zero-order valence-corrected chi connectivity index (χ0v) is 12.0. The number of phenols is 1. The molecule has 20 heavy (non-hydrogen) atoms. The number of rotatable bonds is 3. The van der Waals surface area contributed by atoms with E-state index in [9.17, 15) is 5.11 Å². The molecule has 0 unspecified atom stereocenters. The Bertz CT molecular complexity index is 732. The second kappa shape index (κ2) is 5.59. The van der Waals surface area contributed by atoms with Gasteiger partial charge in [0.1, 0.15) is 5.75 Å². The summed E-state index contributed by atoms with van der Waals surface area (Å²) in [5.74, 6) is 1.12. The van der Waals surface area contributed by atoms with E-state index in [1.54, 1.807) is 12.1 Å². The number of thiol groups is 1. The Morgan fingerprint density at radius 3 is 2.35 bits per heavy atom. The molecule has 1 nitrogen and oxygen atoms in total. The molecule has 1 N–H and O–H groups in total. The maximum atomic E-state index is 9.44. The van der Waals surface area contributed by atoms with Crippen LogP contribution in [0.3, 0.4) is 0 Å². The van der Waals surface area contributed by atoms with Gasteiger partial charge in [0, 0.05) is 0 Å². The molecular weight excluding hydrogens is 264 g/mol. The number of benzene rings is 3. The van der Waals surface area contributed by atoms with Crippen molar-refractivity contribution in [1.29, 1.82) is 0 Å². The molecule has 100 valence electrons. The third-order valence-corrected chi connectivity index (χ3v) is 3.80. The molecule has 3 aromatic rings. The van der Waals surface area contributed by atoms with Crippen molar-refractivity contribution < 1.29 is 5.11 Å². The van der Waals surface area contributed by atoms with Gasteiger partial charge in [0.2, 0.25) is 0 Å². The summed E-state index contributed by atoms with van der Waals surface area (Å²) in [4.78, 5) is 0. The van der Waals surface area contributed by atoms with Crippen LogP contribution in [0.1, 0.15) is 5.56 Å². The Labute approximate surface area is 124 Å². The minimum Gasteiger partial charge on any atom is -0.508 e. The summed E-state index contributed by atoms with van der Waals surface area (Å²) < 4.78 is 0. The maximum absolute atomic E-state index is 9.44. The predicted molar refractivity (Wildman–Crippen MR) is 88.6 cm³/mol. The number of phenolic OH excluding ortho intramolecular Hbond substituents is 1. The Morgan fingerprint density at radius 2 is 1.60 bits per heavy atom. The molecule has 0 aliphatic heterocycles. The molecule has 0 amide bonds. The molecule has 0 aliphatic rings. The van der Waals surface area contributed by atoms with E-state index in [1.807, 2.05) is 12.1 Å². The normalized spacial score (nSPS) is 10.8. The van der Waals surface area contributed by atoms with Crippen LogP contribution in [0.5, 0.6) is 5.75 Å². The van der Waals surface area contributed by atoms with Gasteiger partial charge >= 0.3 is 0 Å². The Kier molecular flexibility index (Phi) is 3.66. The standard InChI is InChI=1S/C18H16OS/c19-15-8-5-14(6-9-15)17-10-7-13-3-1-2-4-16(13)18(17)11-12-20/h1-10,19-20H,11-12H2. The molecule has 2 heteroatoms. The van der Waals surface area contributed by atoms with Gasteiger partial charge in [-0.05, 0) is 51.8 Å². The van der Waals surface area contributed by atoms with Crippen LogP contribution in [0.15, 0.2) is 60.7 Å². The summed E-state index contributed by atoms with van der Waals surface area (Å²) in [6, 6.07) is 20.1. The Hall–Kier alpha value is -1.93. The fraction of sp³-hybridized carbons (Fsp3) is 0.111. The predicted octanol–water partition coefficient (Wildman–Crippen LogP) is 4.68. The quantitative estimate of drug-likeness (QED) is 0.667. The smallest absolute Gasteiger partial charge is 0.115 e. The van der Waals surface area contributed by atoms with Crippen LogP contribution in [0.4, 0.5) is 0 Å². The minimum atomic E-state index is 0.297. The SMILES string of the molecule is Oc1ccc(-c2ccc3ccccc3c2CCS)cc1. The van der Waals surface area contributed by atoms with Gasteiger partial charge in [-0.25, -0.2) is 0 Å². The molecule has 0 saturated heterocycles. The second-order valence-corrected chi connectivity index (χ2v) is 5.28. The van der Waals surface area contributed by atoms with Crippen molar-refractivity contribution in [3.05, 3.63) is 66.2 Å². The molecule has 0 fully saturated rings. The van der Waals surface area contributed by atoms with E-state index in [0.717, 1.165) is 17.7 Å². The van der Waals surface area contributed by atoms with E-state index in [4.69, 9.17) is 0 Å². The topological polar surface area (TPSA) is 20.2 Å². The van der Waals surface area contributed by atoms with Crippen LogP contribution >= 0.6 is 12.6 Å². The first kappa shape index (κ1) is 13.1. The molecule has 3 aromatic carbocycles. The minimum absolute atomic E-state index is 0.297. The lowest BCUT2D eigenvalue weighted by Crippen LogP contribution is -1.93. The molecular formula is C18H16OS. The van der Waals surface area contributed by atoms with Gasteiger partial charge in [-0.3, -0.25) is 0 Å². The summed E-state index contributed by atoms with van der Waals surface area (Å²) in [7, 11) is 0. The van der Waals surface area contributed by atoms with Gasteiger partial charge in [-0.15, -0.1) is 0 Å². The highest BCUT2D eigenvalue weighted by Crippen LogP contribution is 2.31. The number of hydrogen-bond donors (Lipinski definition) is 2. The third-order valence-electron chi connectivity index (χ3n) is 3.58. The zero-order valence-electron chi connectivity index (χ0n) is 11.1. The van der Waals surface area contributed by atoms with Gasteiger partial charge in [0.25, 0.3) is 0 Å². The van der Waals surface area contributed by atoms with E-state index >= 15 is 0 Å². The summed E-state index contributed by atoms with van der Waals surface area (Å²) in [5, 5.41) is 12.0. The van der Waals surface area contributed by atoms with E-state index in [-0.39, 0.29) is 0 Å². The van der Waals surface area contributed by atoms with Crippen LogP contribution in [0.2, 0.25) is 0 Å². The highest BCUT2D eigenvalue weighted by Gasteiger charge is 2.08. The zero-order chi connectivity index (χ0) is 13.9. The van der Waals surface area contributed by atoms with E-state index in [1.165, 1.54) is 21.9 Å². The lowest BCUT2D eigenvalue weighted by atomic mass is 9.93. The number of aromatic hydroxyl groups is 1. The fourth-order valence-electron chi connectivity index (χ4n) is 2.63. The molecule has 0 atom stereocenters. The van der Waals surface area contributed by atoms with Crippen molar-refractivity contribution >= 4 is 23.4 Å². The van der Waals surface area contributed by atoms with Crippen LogP contribution in [0.25, 0.3) is 21.9 Å². The van der Waals surface area contributed by atoms with E-state index in [0.29, 0.717) is 5.75 Å². The molecule has 0 spiro atoms. The second-order valence-electron chi connectivity index (χ2n) is 4.83. The molecule has 0 heterocycles. The number of fused-ring (bicyclic) bond motifs is 1. The average Bonchev–Trinajstić information content (AvgIpc) is 2.49. The maximum Gasteiger partial charge on any atom is 0.115 e. The van der Waals surface area contributed by atoms with Crippen LogP contribution < -0.4 is 0 Å². The highest BCUT2D eigenvalue weighted by molar-refractivity contribution is 7.80. The van der Waals surface area contributed by atoms with Crippen molar-refractivity contribution in [2.75, 3.05) is 5.75 Å². The number of aryl methyl sites for hydroxylation is 1. The lowest BCUT2D eigenvalue weighted by molar-refractivity contribution is 0.475. The summed E-state index contributed by atoms with van der Waals surface area (Å²) in [6.07, 6.45) is 0.931. The molecule has 0 radical (unpaired) electrons. The van der Waals surface area contributed by atoms with Crippen LogP contribution in [-0.4, -0.2) is 10.9 Å². The van der Waals surface area contributed by atoms with Crippen molar-refractivity contribution in [2.24, 2.45) is 0 Å². The van der Waals surface area contributed by atoms with Gasteiger partial charge in [0.05, 0.1) is 0 Å². The van der Waals surface area contributed by atoms with Crippen LogP contribution in [0, 0.1) is 0 Å². The first-order valence-electron chi connectivity index (χ1n) is 6.70. The van der Waals surface area contributed by atoms with Gasteiger partial charge in [-0.2, -0.15) is 12.6 Å². The van der Waals surface area contributed by atoms with Gasteiger partial charge < -0.3 is 5.11 Å². The Morgan fingerprint density at radius 1 is 0.850 bits per heavy atom. The largest absolute Gasteiger partial charge is 0.508 e. The number of hydrogen-bond acceptors (Lipinski definition) is 2. The van der Waals surface area contributed by atoms with Crippen LogP contribution in [-0.2, 0) is 6.42 Å². The van der Waals surface area contributed by atoms with Gasteiger partial charge in [0.15, 0.2) is 0 Å². The highest BCUT2D eigenvalue weighted by atomic mass is 32.1. The van der Waals surface area contributed by atoms with Crippen molar-refractivity contribution in [2.45, 2.75) is 6.42 Å². The molecule has 0 bridgehead atoms. The Balaban J connectivity index is 2.24.